The van der Waals surface area contributed by atoms with Gasteiger partial charge in [-0.15, -0.1) is 0 Å². The minimum absolute atomic E-state index is 0.127. The Bertz CT molecular complexity index is 1180. The van der Waals surface area contributed by atoms with Gasteiger partial charge < -0.3 is 19.4 Å². The van der Waals surface area contributed by atoms with E-state index in [1.807, 2.05) is 72.8 Å². The number of rotatable bonds is 9. The van der Waals surface area contributed by atoms with Gasteiger partial charge in [-0.1, -0.05) is 66.7 Å². The maximum atomic E-state index is 13.1. The van der Waals surface area contributed by atoms with Gasteiger partial charge in [0.25, 0.3) is 5.91 Å². The molecule has 0 aliphatic carbocycles. The third kappa shape index (κ3) is 6.11. The first kappa shape index (κ1) is 21.9. The average Bonchev–Trinajstić information content (AvgIpc) is 3.37. The molecule has 3 aromatic carbocycles. The van der Waals surface area contributed by atoms with Gasteiger partial charge in [0.15, 0.2) is 6.61 Å². The Morgan fingerprint density at radius 3 is 2.24 bits per heavy atom. The second-order valence-corrected chi connectivity index (χ2v) is 7.39. The molecule has 0 atom stereocenters. The first-order valence-electron chi connectivity index (χ1n) is 10.6. The van der Waals surface area contributed by atoms with Crippen molar-refractivity contribution < 1.29 is 18.7 Å². The normalized spacial score (nSPS) is 10.4. The van der Waals surface area contributed by atoms with Crippen LogP contribution in [0.3, 0.4) is 0 Å². The van der Waals surface area contributed by atoms with Crippen LogP contribution in [0.5, 0.6) is 5.75 Å². The van der Waals surface area contributed by atoms with Crippen molar-refractivity contribution in [1.82, 2.24) is 4.90 Å². The number of ether oxygens (including phenoxy) is 1. The Labute approximate surface area is 192 Å². The Balaban J connectivity index is 1.45. The van der Waals surface area contributed by atoms with Crippen molar-refractivity contribution >= 4 is 17.5 Å². The van der Waals surface area contributed by atoms with Crippen LogP contribution < -0.4 is 10.1 Å². The van der Waals surface area contributed by atoms with Crippen LogP contribution in [0.15, 0.2) is 108 Å². The number of carbonyl (C=O) groups is 2. The summed E-state index contributed by atoms with van der Waals surface area (Å²) in [4.78, 5) is 27.1. The maximum absolute atomic E-state index is 13.1. The lowest BCUT2D eigenvalue weighted by Gasteiger charge is -2.22. The molecule has 0 saturated heterocycles. The van der Waals surface area contributed by atoms with E-state index in [9.17, 15) is 9.59 Å². The summed E-state index contributed by atoms with van der Waals surface area (Å²) < 4.78 is 11.3. The zero-order chi connectivity index (χ0) is 22.9. The second kappa shape index (κ2) is 10.8. The molecule has 0 bridgehead atoms. The molecule has 1 N–H and O–H groups in total. The van der Waals surface area contributed by atoms with Crippen molar-refractivity contribution in [2.45, 2.75) is 6.54 Å². The molecule has 166 valence electrons. The number of nitrogens with one attached hydrogen (secondary N) is 1. The van der Waals surface area contributed by atoms with Crippen LogP contribution in [-0.2, 0) is 16.1 Å². The van der Waals surface area contributed by atoms with Gasteiger partial charge in [0.05, 0.1) is 12.8 Å². The summed E-state index contributed by atoms with van der Waals surface area (Å²) in [6.07, 6.45) is 1.54. The number of hydrogen-bond donors (Lipinski definition) is 1. The molecule has 2 amide bonds. The molecule has 0 spiro atoms. The SMILES string of the molecule is O=C(CN(Cc1ccco1)C(=O)COc1ccccc1-c1ccccc1)Nc1ccccc1. The van der Waals surface area contributed by atoms with Crippen LogP contribution in [0.2, 0.25) is 0 Å². The van der Waals surface area contributed by atoms with Gasteiger partial charge in [0.2, 0.25) is 5.91 Å². The van der Waals surface area contributed by atoms with E-state index in [2.05, 4.69) is 5.32 Å². The third-order valence-corrected chi connectivity index (χ3v) is 4.99. The lowest BCUT2D eigenvalue weighted by Crippen LogP contribution is -2.40. The molecule has 0 fully saturated rings. The Morgan fingerprint density at radius 1 is 0.818 bits per heavy atom. The van der Waals surface area contributed by atoms with Gasteiger partial charge in [0, 0.05) is 11.3 Å². The van der Waals surface area contributed by atoms with E-state index in [1.165, 1.54) is 11.2 Å². The highest BCUT2D eigenvalue weighted by Crippen LogP contribution is 2.29. The highest BCUT2D eigenvalue weighted by atomic mass is 16.5. The van der Waals surface area contributed by atoms with Crippen LogP contribution in [0.4, 0.5) is 5.69 Å². The predicted molar refractivity (Wildman–Crippen MR) is 127 cm³/mol. The number of anilines is 1. The number of benzene rings is 3. The number of para-hydroxylation sites is 2. The topological polar surface area (TPSA) is 71.8 Å². The summed E-state index contributed by atoms with van der Waals surface area (Å²) in [5.41, 5.74) is 2.56. The third-order valence-electron chi connectivity index (χ3n) is 4.99. The first-order valence-corrected chi connectivity index (χ1v) is 10.6. The van der Waals surface area contributed by atoms with E-state index < -0.39 is 0 Å². The quantitative estimate of drug-likeness (QED) is 0.398. The van der Waals surface area contributed by atoms with Crippen molar-refractivity contribution in [2.75, 3.05) is 18.5 Å². The van der Waals surface area contributed by atoms with Gasteiger partial charge in [-0.2, -0.15) is 0 Å². The number of furan rings is 1. The van der Waals surface area contributed by atoms with Gasteiger partial charge in [0.1, 0.15) is 18.1 Å². The fraction of sp³-hybridized carbons (Fsp3) is 0.111. The van der Waals surface area contributed by atoms with Gasteiger partial charge >= 0.3 is 0 Å². The van der Waals surface area contributed by atoms with Crippen molar-refractivity contribution in [3.8, 4) is 16.9 Å². The molecule has 0 aliphatic rings. The molecule has 1 heterocycles. The minimum atomic E-state index is -0.322. The molecule has 0 aliphatic heterocycles. The standard InChI is InChI=1S/C27H24N2O4/c30-26(28-22-12-5-2-6-13-22)19-29(18-23-14-9-17-32-23)27(31)20-33-25-16-8-7-15-24(25)21-10-3-1-4-11-21/h1-17H,18-20H2,(H,28,30). The predicted octanol–water partition coefficient (Wildman–Crippen LogP) is 4.99. The van der Waals surface area contributed by atoms with Gasteiger partial charge in [-0.25, -0.2) is 0 Å². The van der Waals surface area contributed by atoms with Crippen molar-refractivity contribution in [1.29, 1.82) is 0 Å². The van der Waals surface area contributed by atoms with Gasteiger partial charge in [-0.05, 0) is 35.9 Å². The molecule has 0 unspecified atom stereocenters. The number of hydrogen-bond acceptors (Lipinski definition) is 4. The highest BCUT2D eigenvalue weighted by Gasteiger charge is 2.20. The number of nitrogens with zero attached hydrogens (tertiary/aromatic N) is 1. The number of carbonyl (C=O) groups excluding carboxylic acids is 2. The summed E-state index contributed by atoms with van der Waals surface area (Å²) in [6.45, 7) is -0.168. The maximum Gasteiger partial charge on any atom is 0.261 e. The lowest BCUT2D eigenvalue weighted by atomic mass is 10.1. The smallest absolute Gasteiger partial charge is 0.261 e. The molecule has 4 rings (SSSR count). The summed E-state index contributed by atoms with van der Waals surface area (Å²) in [5.74, 6) is 0.563. The Hall–Kier alpha value is -4.32. The molecular weight excluding hydrogens is 416 g/mol. The van der Waals surface area contributed by atoms with E-state index in [1.54, 1.807) is 24.3 Å². The van der Waals surface area contributed by atoms with Crippen LogP contribution in [0.25, 0.3) is 11.1 Å². The molecule has 0 saturated carbocycles. The van der Waals surface area contributed by atoms with Crippen molar-refractivity contribution in [2.24, 2.45) is 0 Å². The van der Waals surface area contributed by atoms with Crippen LogP contribution in [0.1, 0.15) is 5.76 Å². The molecule has 4 aromatic rings. The molecule has 33 heavy (non-hydrogen) atoms. The molecular formula is C27H24N2O4. The molecule has 0 radical (unpaired) electrons. The average molecular weight is 440 g/mol. The van der Waals surface area contributed by atoms with E-state index >= 15 is 0 Å². The minimum Gasteiger partial charge on any atom is -0.483 e. The van der Waals surface area contributed by atoms with Crippen molar-refractivity contribution in [3.05, 3.63) is 109 Å². The van der Waals surface area contributed by atoms with Gasteiger partial charge in [-0.3, -0.25) is 9.59 Å². The monoisotopic (exact) mass is 440 g/mol. The Kier molecular flexibility index (Phi) is 7.18. The zero-order valence-electron chi connectivity index (χ0n) is 18.0. The largest absolute Gasteiger partial charge is 0.483 e. The van der Waals surface area contributed by atoms with E-state index in [4.69, 9.17) is 9.15 Å². The Morgan fingerprint density at radius 2 is 1.52 bits per heavy atom. The summed E-state index contributed by atoms with van der Waals surface area (Å²) >= 11 is 0. The second-order valence-electron chi connectivity index (χ2n) is 7.39. The van der Waals surface area contributed by atoms with E-state index in [-0.39, 0.29) is 31.5 Å². The van der Waals surface area contributed by atoms with Crippen LogP contribution in [-0.4, -0.2) is 29.9 Å². The first-order chi connectivity index (χ1) is 16.2. The fourth-order valence-electron chi connectivity index (χ4n) is 3.40. The molecule has 1 aromatic heterocycles. The summed E-state index contributed by atoms with van der Waals surface area (Å²) in [5, 5.41) is 2.81. The number of amides is 2. The van der Waals surface area contributed by atoms with Crippen molar-refractivity contribution in [3.63, 3.8) is 0 Å². The molecule has 6 heteroatoms. The molecule has 6 nitrogen and oxygen atoms in total. The summed E-state index contributed by atoms with van der Waals surface area (Å²) in [7, 11) is 0. The highest BCUT2D eigenvalue weighted by molar-refractivity contribution is 5.94. The zero-order valence-corrected chi connectivity index (χ0v) is 18.0. The van der Waals surface area contributed by atoms with Crippen LogP contribution >= 0.6 is 0 Å². The summed E-state index contributed by atoms with van der Waals surface area (Å²) in [6, 6.07) is 30.0. The van der Waals surface area contributed by atoms with E-state index in [0.29, 0.717) is 17.2 Å². The van der Waals surface area contributed by atoms with E-state index in [0.717, 1.165) is 11.1 Å². The lowest BCUT2D eigenvalue weighted by molar-refractivity contribution is -0.137. The van der Waals surface area contributed by atoms with Crippen LogP contribution in [0, 0.1) is 0 Å². The fourth-order valence-corrected chi connectivity index (χ4v) is 3.40.